The van der Waals surface area contributed by atoms with Gasteiger partial charge >= 0.3 is 0 Å². The van der Waals surface area contributed by atoms with E-state index < -0.39 is 0 Å². The molecule has 2 rings (SSSR count). The van der Waals surface area contributed by atoms with Crippen LogP contribution in [0.15, 0.2) is 28.9 Å². The Morgan fingerprint density at radius 3 is 2.81 bits per heavy atom. The van der Waals surface area contributed by atoms with Crippen molar-refractivity contribution < 1.29 is 0 Å². The van der Waals surface area contributed by atoms with Crippen LogP contribution in [0.3, 0.4) is 0 Å². The van der Waals surface area contributed by atoms with E-state index in [2.05, 4.69) is 26.3 Å². The number of aromatic nitrogens is 2. The van der Waals surface area contributed by atoms with Crippen molar-refractivity contribution in [3.05, 3.63) is 34.4 Å². The van der Waals surface area contributed by atoms with Crippen molar-refractivity contribution in [2.75, 3.05) is 11.1 Å². The molecule has 0 aliphatic carbocycles. The molecule has 3 N–H and O–H groups in total. The lowest BCUT2D eigenvalue weighted by atomic mass is 10.2. The van der Waals surface area contributed by atoms with Gasteiger partial charge in [-0.15, -0.1) is 0 Å². The second kappa shape index (κ2) is 4.17. The first-order valence-electron chi connectivity index (χ1n) is 4.88. The number of benzene rings is 1. The van der Waals surface area contributed by atoms with Crippen LogP contribution in [0.4, 0.5) is 17.2 Å². The number of nitrogen functional groups attached to an aromatic ring is 1. The number of nitrogens with one attached hydrogen (secondary N) is 1. The second-order valence-corrected chi connectivity index (χ2v) is 4.57. The predicted molar refractivity (Wildman–Crippen MR) is 69.8 cm³/mol. The third-order valence-electron chi connectivity index (χ3n) is 2.23. The standard InChI is InChI=1S/C11H13BrN4/c1-7-3-4-8(12)10(5-7)14-11-9(13)6-16(2)15-11/h3-6H,13H2,1-2H3,(H,14,15). The molecule has 0 spiro atoms. The zero-order valence-electron chi connectivity index (χ0n) is 9.16. The van der Waals surface area contributed by atoms with E-state index in [1.165, 1.54) is 5.56 Å². The highest BCUT2D eigenvalue weighted by Crippen LogP contribution is 2.28. The van der Waals surface area contributed by atoms with Crippen molar-refractivity contribution in [2.45, 2.75) is 6.92 Å². The van der Waals surface area contributed by atoms with Gasteiger partial charge in [-0.25, -0.2) is 0 Å². The molecule has 84 valence electrons. The smallest absolute Gasteiger partial charge is 0.175 e. The van der Waals surface area contributed by atoms with Crippen molar-refractivity contribution in [2.24, 2.45) is 7.05 Å². The van der Waals surface area contributed by atoms with Crippen LogP contribution in [0.5, 0.6) is 0 Å². The molecule has 0 unspecified atom stereocenters. The molecule has 0 fully saturated rings. The number of hydrogen-bond acceptors (Lipinski definition) is 3. The van der Waals surface area contributed by atoms with Crippen LogP contribution >= 0.6 is 15.9 Å². The maximum Gasteiger partial charge on any atom is 0.175 e. The summed E-state index contributed by atoms with van der Waals surface area (Å²) in [4.78, 5) is 0. The van der Waals surface area contributed by atoms with Gasteiger partial charge in [0.15, 0.2) is 5.82 Å². The van der Waals surface area contributed by atoms with E-state index in [1.807, 2.05) is 32.2 Å². The highest BCUT2D eigenvalue weighted by atomic mass is 79.9. The Labute approximate surface area is 103 Å². The maximum atomic E-state index is 5.82. The zero-order valence-corrected chi connectivity index (χ0v) is 10.7. The zero-order chi connectivity index (χ0) is 11.7. The first kappa shape index (κ1) is 11.0. The lowest BCUT2D eigenvalue weighted by molar-refractivity contribution is 0.771. The van der Waals surface area contributed by atoms with E-state index in [0.717, 1.165) is 10.2 Å². The Bertz CT molecular complexity index is 519. The molecule has 0 aliphatic rings. The molecule has 0 saturated heterocycles. The van der Waals surface area contributed by atoms with Crippen LogP contribution < -0.4 is 11.1 Å². The molecule has 4 nitrogen and oxygen atoms in total. The normalized spacial score (nSPS) is 10.4. The number of nitrogens with two attached hydrogens (primary N) is 1. The molecule has 2 aromatic rings. The summed E-state index contributed by atoms with van der Waals surface area (Å²) in [5.74, 6) is 0.675. The average Bonchev–Trinajstić information content (AvgIpc) is 2.51. The molecule has 0 amide bonds. The largest absolute Gasteiger partial charge is 0.394 e. The topological polar surface area (TPSA) is 55.9 Å². The van der Waals surface area contributed by atoms with Crippen LogP contribution in [-0.2, 0) is 7.05 Å². The quantitative estimate of drug-likeness (QED) is 0.890. The summed E-state index contributed by atoms with van der Waals surface area (Å²) in [5, 5.41) is 7.43. The van der Waals surface area contributed by atoms with Gasteiger partial charge < -0.3 is 11.1 Å². The molecule has 1 aromatic heterocycles. The van der Waals surface area contributed by atoms with Gasteiger partial charge in [-0.05, 0) is 40.5 Å². The molecule has 16 heavy (non-hydrogen) atoms. The molecular weight excluding hydrogens is 268 g/mol. The predicted octanol–water partition coefficient (Wildman–Crippen LogP) is 2.82. The van der Waals surface area contributed by atoms with Gasteiger partial charge in [0.05, 0.1) is 11.4 Å². The number of hydrogen-bond donors (Lipinski definition) is 2. The number of aryl methyl sites for hydroxylation is 2. The molecule has 1 heterocycles. The lowest BCUT2D eigenvalue weighted by Gasteiger charge is -2.07. The molecule has 5 heteroatoms. The summed E-state index contributed by atoms with van der Waals surface area (Å²) in [6.07, 6.45) is 1.77. The Balaban J connectivity index is 2.33. The van der Waals surface area contributed by atoms with Gasteiger partial charge in [0.25, 0.3) is 0 Å². The van der Waals surface area contributed by atoms with Gasteiger partial charge in [-0.2, -0.15) is 5.10 Å². The first-order chi connectivity index (χ1) is 7.56. The van der Waals surface area contributed by atoms with Gasteiger partial charge in [0.2, 0.25) is 0 Å². The third kappa shape index (κ3) is 2.19. The van der Waals surface area contributed by atoms with E-state index in [9.17, 15) is 0 Å². The van der Waals surface area contributed by atoms with Crippen LogP contribution in [0.25, 0.3) is 0 Å². The van der Waals surface area contributed by atoms with Crippen molar-refractivity contribution in [3.8, 4) is 0 Å². The highest BCUT2D eigenvalue weighted by molar-refractivity contribution is 9.10. The second-order valence-electron chi connectivity index (χ2n) is 3.72. The molecule has 0 bridgehead atoms. The summed E-state index contributed by atoms with van der Waals surface area (Å²) in [7, 11) is 1.84. The summed E-state index contributed by atoms with van der Waals surface area (Å²) in [5.41, 5.74) is 8.60. The van der Waals surface area contributed by atoms with E-state index in [0.29, 0.717) is 11.5 Å². The minimum Gasteiger partial charge on any atom is -0.394 e. The van der Waals surface area contributed by atoms with Gasteiger partial charge in [0.1, 0.15) is 0 Å². The summed E-state index contributed by atoms with van der Waals surface area (Å²) in [6, 6.07) is 6.08. The molecule has 0 saturated carbocycles. The Hall–Kier alpha value is -1.49. The Kier molecular flexibility index (Phi) is 2.87. The van der Waals surface area contributed by atoms with Crippen molar-refractivity contribution in [3.63, 3.8) is 0 Å². The van der Waals surface area contributed by atoms with Crippen LogP contribution in [0, 0.1) is 6.92 Å². The van der Waals surface area contributed by atoms with Crippen molar-refractivity contribution in [1.29, 1.82) is 0 Å². The summed E-state index contributed by atoms with van der Waals surface area (Å²) >= 11 is 3.48. The van der Waals surface area contributed by atoms with E-state index in [1.54, 1.807) is 10.9 Å². The minimum atomic E-state index is 0.635. The fraction of sp³-hybridized carbons (Fsp3) is 0.182. The fourth-order valence-corrected chi connectivity index (χ4v) is 1.81. The molecule has 0 atom stereocenters. The monoisotopic (exact) mass is 280 g/mol. The van der Waals surface area contributed by atoms with Gasteiger partial charge in [-0.3, -0.25) is 4.68 Å². The molecule has 1 aromatic carbocycles. The number of anilines is 3. The lowest BCUT2D eigenvalue weighted by Crippen LogP contribution is -1.97. The van der Waals surface area contributed by atoms with E-state index in [-0.39, 0.29) is 0 Å². The van der Waals surface area contributed by atoms with Crippen molar-refractivity contribution in [1.82, 2.24) is 9.78 Å². The average molecular weight is 281 g/mol. The van der Waals surface area contributed by atoms with E-state index in [4.69, 9.17) is 5.73 Å². The summed E-state index contributed by atoms with van der Waals surface area (Å²) < 4.78 is 2.67. The van der Waals surface area contributed by atoms with E-state index >= 15 is 0 Å². The van der Waals surface area contributed by atoms with Crippen molar-refractivity contribution >= 4 is 33.1 Å². The van der Waals surface area contributed by atoms with Crippen LogP contribution in [0.1, 0.15) is 5.56 Å². The first-order valence-corrected chi connectivity index (χ1v) is 5.68. The summed E-state index contributed by atoms with van der Waals surface area (Å²) in [6.45, 7) is 2.04. The number of rotatable bonds is 2. The van der Waals surface area contributed by atoms with Gasteiger partial charge in [-0.1, -0.05) is 6.07 Å². The van der Waals surface area contributed by atoms with Gasteiger partial charge in [0, 0.05) is 17.7 Å². The van der Waals surface area contributed by atoms with Crippen LogP contribution in [-0.4, -0.2) is 9.78 Å². The Morgan fingerprint density at radius 2 is 2.19 bits per heavy atom. The number of nitrogens with zero attached hydrogens (tertiary/aromatic N) is 2. The maximum absolute atomic E-state index is 5.82. The minimum absolute atomic E-state index is 0.635. The third-order valence-corrected chi connectivity index (χ3v) is 2.92. The fourth-order valence-electron chi connectivity index (χ4n) is 1.47. The highest BCUT2D eigenvalue weighted by Gasteiger charge is 2.06. The molecular formula is C11H13BrN4. The number of halogens is 1. The molecule has 0 aliphatic heterocycles. The molecule has 0 radical (unpaired) electrons. The Morgan fingerprint density at radius 1 is 1.44 bits per heavy atom. The van der Waals surface area contributed by atoms with Crippen LogP contribution in [0.2, 0.25) is 0 Å². The SMILES string of the molecule is Cc1ccc(Br)c(Nc2nn(C)cc2N)c1.